The van der Waals surface area contributed by atoms with Crippen LogP contribution < -0.4 is 0 Å². The molecule has 0 aliphatic carbocycles. The highest BCUT2D eigenvalue weighted by atomic mass is 16.6. The van der Waals surface area contributed by atoms with Gasteiger partial charge in [-0.15, -0.1) is 0 Å². The van der Waals surface area contributed by atoms with Crippen LogP contribution >= 0.6 is 0 Å². The molecular formula is C41H78O6. The molecule has 0 heterocycles. The van der Waals surface area contributed by atoms with Crippen molar-refractivity contribution in [1.29, 1.82) is 0 Å². The van der Waals surface area contributed by atoms with Crippen molar-refractivity contribution in [2.24, 2.45) is 5.92 Å². The molecule has 0 N–H and O–H groups in total. The van der Waals surface area contributed by atoms with Crippen LogP contribution in [0.5, 0.6) is 0 Å². The van der Waals surface area contributed by atoms with Crippen LogP contribution in [-0.4, -0.2) is 37.2 Å². The Hall–Kier alpha value is -1.59. The van der Waals surface area contributed by atoms with Crippen LogP contribution in [0.4, 0.5) is 0 Å². The second-order valence-corrected chi connectivity index (χ2v) is 14.2. The minimum atomic E-state index is -0.756. The zero-order valence-corrected chi connectivity index (χ0v) is 31.7. The molecule has 6 heteroatoms. The summed E-state index contributed by atoms with van der Waals surface area (Å²) >= 11 is 0. The van der Waals surface area contributed by atoms with E-state index >= 15 is 0 Å². The van der Waals surface area contributed by atoms with Gasteiger partial charge in [0.05, 0.1) is 0 Å². The van der Waals surface area contributed by atoms with Crippen molar-refractivity contribution in [3.05, 3.63) is 0 Å². The largest absolute Gasteiger partial charge is 0.462 e. The van der Waals surface area contributed by atoms with Gasteiger partial charge in [0.25, 0.3) is 0 Å². The summed E-state index contributed by atoms with van der Waals surface area (Å²) in [6.07, 6.45) is 32.5. The van der Waals surface area contributed by atoms with E-state index in [4.69, 9.17) is 14.2 Å². The number of esters is 3. The van der Waals surface area contributed by atoms with Gasteiger partial charge < -0.3 is 14.2 Å². The van der Waals surface area contributed by atoms with Crippen LogP contribution in [0.15, 0.2) is 0 Å². The van der Waals surface area contributed by atoms with Crippen LogP contribution in [0.2, 0.25) is 0 Å². The van der Waals surface area contributed by atoms with Crippen molar-refractivity contribution in [1.82, 2.24) is 0 Å². The molecule has 0 amide bonds. The highest BCUT2D eigenvalue weighted by Gasteiger charge is 2.19. The Morgan fingerprint density at radius 1 is 0.426 bits per heavy atom. The van der Waals surface area contributed by atoms with E-state index in [9.17, 15) is 14.4 Å². The summed E-state index contributed by atoms with van der Waals surface area (Å²) in [5.41, 5.74) is 0. The Labute approximate surface area is 291 Å². The molecular weight excluding hydrogens is 588 g/mol. The molecule has 0 aliphatic heterocycles. The maximum atomic E-state index is 12.6. The lowest BCUT2D eigenvalue weighted by atomic mass is 9.99. The summed E-state index contributed by atoms with van der Waals surface area (Å²) in [5, 5.41) is 0. The van der Waals surface area contributed by atoms with Gasteiger partial charge in [-0.05, 0) is 25.2 Å². The topological polar surface area (TPSA) is 78.9 Å². The highest BCUT2D eigenvalue weighted by molar-refractivity contribution is 5.71. The zero-order valence-electron chi connectivity index (χ0n) is 31.7. The van der Waals surface area contributed by atoms with Crippen LogP contribution in [0, 0.1) is 5.92 Å². The minimum absolute atomic E-state index is 0.0657. The molecule has 0 bridgehead atoms. The van der Waals surface area contributed by atoms with Crippen molar-refractivity contribution < 1.29 is 28.6 Å². The van der Waals surface area contributed by atoms with Crippen molar-refractivity contribution in [3.63, 3.8) is 0 Å². The number of hydrogen-bond acceptors (Lipinski definition) is 6. The predicted octanol–water partition coefficient (Wildman–Crippen LogP) is 12.4. The molecule has 1 unspecified atom stereocenters. The number of rotatable bonds is 36. The van der Waals surface area contributed by atoms with Gasteiger partial charge in [0.1, 0.15) is 13.2 Å². The van der Waals surface area contributed by atoms with E-state index in [1.165, 1.54) is 109 Å². The number of hydrogen-bond donors (Lipinski definition) is 0. The van der Waals surface area contributed by atoms with Crippen LogP contribution in [0.25, 0.3) is 0 Å². The van der Waals surface area contributed by atoms with E-state index in [1.807, 2.05) is 0 Å². The lowest BCUT2D eigenvalue weighted by molar-refractivity contribution is -0.167. The molecule has 0 aromatic rings. The molecule has 0 fully saturated rings. The Kier molecular flexibility index (Phi) is 34.5. The molecule has 278 valence electrons. The summed E-state index contributed by atoms with van der Waals surface area (Å²) in [6, 6.07) is 0. The first-order valence-electron chi connectivity index (χ1n) is 20.4. The van der Waals surface area contributed by atoms with E-state index in [1.54, 1.807) is 0 Å². The van der Waals surface area contributed by atoms with Gasteiger partial charge in [0.2, 0.25) is 0 Å². The first-order chi connectivity index (χ1) is 22.9. The fraction of sp³-hybridized carbons (Fsp3) is 0.927. The molecule has 0 aromatic carbocycles. The van der Waals surface area contributed by atoms with Crippen LogP contribution in [0.1, 0.15) is 220 Å². The van der Waals surface area contributed by atoms with E-state index in [0.717, 1.165) is 70.1 Å². The van der Waals surface area contributed by atoms with Gasteiger partial charge >= 0.3 is 17.9 Å². The van der Waals surface area contributed by atoms with E-state index in [2.05, 4.69) is 27.7 Å². The first kappa shape index (κ1) is 45.4. The smallest absolute Gasteiger partial charge is 0.306 e. The maximum Gasteiger partial charge on any atom is 0.306 e. The molecule has 0 radical (unpaired) electrons. The van der Waals surface area contributed by atoms with E-state index in [0.29, 0.717) is 19.3 Å². The van der Waals surface area contributed by atoms with E-state index in [-0.39, 0.29) is 31.1 Å². The predicted molar refractivity (Wildman–Crippen MR) is 196 cm³/mol. The molecule has 0 aromatic heterocycles. The average Bonchev–Trinajstić information content (AvgIpc) is 3.06. The number of unbranched alkanes of at least 4 members (excludes halogenated alkanes) is 22. The fourth-order valence-corrected chi connectivity index (χ4v) is 5.89. The van der Waals surface area contributed by atoms with Gasteiger partial charge in [-0.25, -0.2) is 0 Å². The highest BCUT2D eigenvalue weighted by Crippen LogP contribution is 2.16. The quantitative estimate of drug-likeness (QED) is 0.0376. The number of carbonyl (C=O) groups is 3. The lowest BCUT2D eigenvalue weighted by Gasteiger charge is -2.18. The molecule has 0 aliphatic rings. The second kappa shape index (κ2) is 35.7. The first-order valence-corrected chi connectivity index (χ1v) is 20.4. The molecule has 0 spiro atoms. The van der Waals surface area contributed by atoms with E-state index < -0.39 is 6.10 Å². The summed E-state index contributed by atoms with van der Waals surface area (Å²) in [4.78, 5) is 37.3. The Balaban J connectivity index is 4.23. The minimum Gasteiger partial charge on any atom is -0.462 e. The van der Waals surface area contributed by atoms with Gasteiger partial charge in [-0.2, -0.15) is 0 Å². The summed E-state index contributed by atoms with van der Waals surface area (Å²) in [5.74, 6) is -0.00686. The van der Waals surface area contributed by atoms with Crippen molar-refractivity contribution in [2.75, 3.05) is 13.2 Å². The number of ether oxygens (including phenoxy) is 3. The Morgan fingerprint density at radius 2 is 0.745 bits per heavy atom. The summed E-state index contributed by atoms with van der Waals surface area (Å²) in [6.45, 7) is 8.90. The SMILES string of the molecule is CCCCCCCCCCCCC(=O)O[C@H](COC(=O)CCCCCCC)COC(=O)CCCCCCCCCCCCC(C)CC. The lowest BCUT2D eigenvalue weighted by Crippen LogP contribution is -2.30. The van der Waals surface area contributed by atoms with Crippen LogP contribution in [0.3, 0.4) is 0 Å². The molecule has 6 nitrogen and oxygen atoms in total. The van der Waals surface area contributed by atoms with Crippen LogP contribution in [-0.2, 0) is 28.6 Å². The zero-order chi connectivity index (χ0) is 34.6. The maximum absolute atomic E-state index is 12.6. The summed E-state index contributed by atoms with van der Waals surface area (Å²) in [7, 11) is 0. The molecule has 0 rings (SSSR count). The van der Waals surface area contributed by atoms with Crippen molar-refractivity contribution in [2.45, 2.75) is 226 Å². The third-order valence-corrected chi connectivity index (χ3v) is 9.40. The van der Waals surface area contributed by atoms with Crippen molar-refractivity contribution in [3.8, 4) is 0 Å². The number of carbonyl (C=O) groups excluding carboxylic acids is 3. The third kappa shape index (κ3) is 34.1. The average molecular weight is 667 g/mol. The van der Waals surface area contributed by atoms with Crippen molar-refractivity contribution >= 4 is 17.9 Å². The monoisotopic (exact) mass is 667 g/mol. The Bertz CT molecular complexity index is 708. The molecule has 0 saturated heterocycles. The molecule has 47 heavy (non-hydrogen) atoms. The fourth-order valence-electron chi connectivity index (χ4n) is 5.89. The molecule has 0 saturated carbocycles. The van der Waals surface area contributed by atoms with Gasteiger partial charge in [-0.1, -0.05) is 182 Å². The van der Waals surface area contributed by atoms with Gasteiger partial charge in [0, 0.05) is 19.3 Å². The summed E-state index contributed by atoms with van der Waals surface area (Å²) < 4.78 is 16.5. The normalized spacial score (nSPS) is 12.5. The second-order valence-electron chi connectivity index (χ2n) is 14.2. The Morgan fingerprint density at radius 3 is 1.11 bits per heavy atom. The van der Waals surface area contributed by atoms with Gasteiger partial charge in [0.15, 0.2) is 6.10 Å². The standard InChI is InChI=1S/C41H78O6/c1-5-8-10-12-13-14-18-22-26-30-34-41(44)47-38(35-45-39(42)32-28-23-11-9-6-2)36-46-40(43)33-29-25-21-19-16-15-17-20-24-27-31-37(4)7-3/h37-38H,5-36H2,1-4H3/t37?,38-/m1/s1. The third-order valence-electron chi connectivity index (χ3n) is 9.40. The van der Waals surface area contributed by atoms with Gasteiger partial charge in [-0.3, -0.25) is 14.4 Å². The molecule has 2 atom stereocenters.